The Balaban J connectivity index is 1.23. The van der Waals surface area contributed by atoms with Crippen molar-refractivity contribution in [2.24, 2.45) is 17.8 Å². The molecule has 0 bridgehead atoms. The van der Waals surface area contributed by atoms with Gasteiger partial charge in [0.2, 0.25) is 11.8 Å². The molecule has 2 amide bonds. The Bertz CT molecular complexity index is 1390. The molecule has 9 heteroatoms. The molecule has 3 aliphatic rings. The van der Waals surface area contributed by atoms with Gasteiger partial charge < -0.3 is 21.7 Å². The first-order valence-corrected chi connectivity index (χ1v) is 12.8. The predicted octanol–water partition coefficient (Wildman–Crippen LogP) is 3.43. The van der Waals surface area contributed by atoms with E-state index in [1.165, 1.54) is 0 Å². The van der Waals surface area contributed by atoms with Crippen molar-refractivity contribution in [3.05, 3.63) is 35.8 Å². The second-order valence-electron chi connectivity index (χ2n) is 10.4. The SMILES string of the molecule is CC(=O)N[C@@H]1CC[C@H]2[C@@H](C1)[C@H]2C(=O)Nc1cc2cc(-c3cnc4c(c3C)NCCC4)nc(N)c2cn1. The minimum atomic E-state index is -0.0176. The molecule has 186 valence electrons. The van der Waals surface area contributed by atoms with Crippen LogP contribution in [-0.2, 0) is 16.0 Å². The van der Waals surface area contributed by atoms with Crippen LogP contribution in [0.15, 0.2) is 24.5 Å². The number of hydrogen-bond acceptors (Lipinski definition) is 7. The van der Waals surface area contributed by atoms with Gasteiger partial charge in [-0.3, -0.25) is 14.6 Å². The van der Waals surface area contributed by atoms with E-state index in [1.54, 1.807) is 13.1 Å². The van der Waals surface area contributed by atoms with Gasteiger partial charge in [-0.05, 0) is 73.9 Å². The maximum Gasteiger partial charge on any atom is 0.229 e. The molecule has 0 unspecified atom stereocenters. The van der Waals surface area contributed by atoms with E-state index >= 15 is 0 Å². The zero-order chi connectivity index (χ0) is 25.0. The lowest BCUT2D eigenvalue weighted by Gasteiger charge is -2.21. The fraction of sp³-hybridized carbons (Fsp3) is 0.444. The normalized spacial score (nSPS) is 24.3. The van der Waals surface area contributed by atoms with Crippen molar-refractivity contribution in [1.29, 1.82) is 0 Å². The molecule has 5 N–H and O–H groups in total. The van der Waals surface area contributed by atoms with Gasteiger partial charge >= 0.3 is 0 Å². The van der Waals surface area contributed by atoms with E-state index in [1.807, 2.05) is 18.3 Å². The summed E-state index contributed by atoms with van der Waals surface area (Å²) in [4.78, 5) is 38.2. The molecule has 0 radical (unpaired) electrons. The molecule has 0 aromatic carbocycles. The highest BCUT2D eigenvalue weighted by molar-refractivity contribution is 5.99. The van der Waals surface area contributed by atoms with Gasteiger partial charge in [-0.1, -0.05) is 0 Å². The number of fused-ring (bicyclic) bond motifs is 3. The number of carbonyl (C=O) groups excluding carboxylic acids is 2. The maximum atomic E-state index is 13.1. The van der Waals surface area contributed by atoms with E-state index < -0.39 is 0 Å². The first-order valence-electron chi connectivity index (χ1n) is 12.8. The van der Waals surface area contributed by atoms with E-state index in [9.17, 15) is 9.59 Å². The summed E-state index contributed by atoms with van der Waals surface area (Å²) in [7, 11) is 0. The van der Waals surface area contributed by atoms with E-state index in [0.29, 0.717) is 23.5 Å². The van der Waals surface area contributed by atoms with Gasteiger partial charge in [0.1, 0.15) is 11.6 Å². The fourth-order valence-corrected chi connectivity index (χ4v) is 6.20. The Kier molecular flexibility index (Phi) is 5.50. The highest BCUT2D eigenvalue weighted by atomic mass is 16.2. The molecule has 2 aliphatic carbocycles. The number of pyridine rings is 3. The van der Waals surface area contributed by atoms with Crippen molar-refractivity contribution in [2.45, 2.75) is 52.0 Å². The summed E-state index contributed by atoms with van der Waals surface area (Å²) in [5.41, 5.74) is 11.3. The molecular formula is C27H31N7O2. The second kappa shape index (κ2) is 8.72. The van der Waals surface area contributed by atoms with Crippen molar-refractivity contribution in [2.75, 3.05) is 22.9 Å². The van der Waals surface area contributed by atoms with Crippen molar-refractivity contribution in [3.63, 3.8) is 0 Å². The number of anilines is 3. The highest BCUT2D eigenvalue weighted by Crippen LogP contribution is 2.55. The first kappa shape index (κ1) is 22.7. The third kappa shape index (κ3) is 4.02. The molecule has 0 saturated heterocycles. The number of nitrogen functional groups attached to an aromatic ring is 1. The van der Waals surface area contributed by atoms with E-state index in [4.69, 9.17) is 5.73 Å². The van der Waals surface area contributed by atoms with Crippen LogP contribution in [0.1, 0.15) is 43.9 Å². The Hall–Kier alpha value is -3.75. The van der Waals surface area contributed by atoms with Crippen LogP contribution in [0.5, 0.6) is 0 Å². The lowest BCUT2D eigenvalue weighted by atomic mass is 9.95. The summed E-state index contributed by atoms with van der Waals surface area (Å²) in [6.45, 7) is 4.57. The van der Waals surface area contributed by atoms with Gasteiger partial charge in [0.25, 0.3) is 0 Å². The Morgan fingerprint density at radius 3 is 2.83 bits per heavy atom. The van der Waals surface area contributed by atoms with Gasteiger partial charge in [0.05, 0.1) is 17.1 Å². The predicted molar refractivity (Wildman–Crippen MR) is 139 cm³/mol. The zero-order valence-corrected chi connectivity index (χ0v) is 20.6. The van der Waals surface area contributed by atoms with E-state index in [0.717, 1.165) is 77.6 Å². The highest BCUT2D eigenvalue weighted by Gasteiger charge is 2.56. The number of nitrogens with one attached hydrogen (secondary N) is 3. The van der Waals surface area contributed by atoms with Crippen LogP contribution < -0.4 is 21.7 Å². The number of hydrogen-bond donors (Lipinski definition) is 4. The number of aryl methyl sites for hydroxylation is 1. The molecule has 3 aromatic heterocycles. The topological polar surface area (TPSA) is 135 Å². The second-order valence-corrected chi connectivity index (χ2v) is 10.4. The Morgan fingerprint density at radius 2 is 2.00 bits per heavy atom. The quantitative estimate of drug-likeness (QED) is 0.445. The number of aromatic nitrogens is 3. The van der Waals surface area contributed by atoms with Crippen molar-refractivity contribution >= 4 is 39.9 Å². The summed E-state index contributed by atoms with van der Waals surface area (Å²) >= 11 is 0. The van der Waals surface area contributed by atoms with Crippen LogP contribution in [0, 0.1) is 24.7 Å². The van der Waals surface area contributed by atoms with Crippen LogP contribution >= 0.6 is 0 Å². The number of amides is 2. The van der Waals surface area contributed by atoms with Crippen molar-refractivity contribution < 1.29 is 9.59 Å². The summed E-state index contributed by atoms with van der Waals surface area (Å²) in [6, 6.07) is 4.02. The van der Waals surface area contributed by atoms with Crippen LogP contribution in [0.25, 0.3) is 22.0 Å². The average molecular weight is 486 g/mol. The maximum absolute atomic E-state index is 13.1. The molecule has 0 spiro atoms. The van der Waals surface area contributed by atoms with Gasteiger partial charge in [0.15, 0.2) is 0 Å². The van der Waals surface area contributed by atoms with Crippen LogP contribution in [0.3, 0.4) is 0 Å². The Labute approximate surface area is 209 Å². The minimum absolute atomic E-state index is 0.00313. The summed E-state index contributed by atoms with van der Waals surface area (Å²) in [5, 5.41) is 11.1. The van der Waals surface area contributed by atoms with Crippen LogP contribution in [-0.4, -0.2) is 39.4 Å². The molecule has 9 nitrogen and oxygen atoms in total. The lowest BCUT2D eigenvalue weighted by Crippen LogP contribution is -2.35. The van der Waals surface area contributed by atoms with Gasteiger partial charge in [-0.2, -0.15) is 0 Å². The van der Waals surface area contributed by atoms with Crippen molar-refractivity contribution in [3.8, 4) is 11.3 Å². The molecule has 2 fully saturated rings. The molecular weight excluding hydrogens is 454 g/mol. The molecule has 6 rings (SSSR count). The number of nitrogens with two attached hydrogens (primary N) is 1. The monoisotopic (exact) mass is 485 g/mol. The molecule has 2 saturated carbocycles. The number of rotatable bonds is 4. The Morgan fingerprint density at radius 1 is 1.14 bits per heavy atom. The number of nitrogens with zero attached hydrogens (tertiary/aromatic N) is 3. The lowest BCUT2D eigenvalue weighted by molar-refractivity contribution is -0.120. The molecule has 36 heavy (non-hydrogen) atoms. The standard InChI is InChI=1S/C27H31N7O2/c1-13-19(11-30-21-4-3-7-29-25(13)21)22-8-15-9-23(31-12-20(15)26(28)33-22)34-27(36)24-17-6-5-16(10-18(17)24)32-14(2)35/h8-9,11-12,16-18,24,29H,3-7,10H2,1-2H3,(H2,28,33)(H,32,35)(H,31,34,36)/t16-,17+,18-,24+/m1/s1. The summed E-state index contributed by atoms with van der Waals surface area (Å²) in [6.07, 6.45) is 8.36. The molecule has 4 heterocycles. The van der Waals surface area contributed by atoms with Gasteiger partial charge in [-0.15, -0.1) is 0 Å². The van der Waals surface area contributed by atoms with E-state index in [2.05, 4.69) is 37.8 Å². The average Bonchev–Trinajstić information content (AvgIpc) is 3.57. The van der Waals surface area contributed by atoms with Gasteiger partial charge in [0, 0.05) is 48.8 Å². The van der Waals surface area contributed by atoms with Gasteiger partial charge in [-0.25, -0.2) is 9.97 Å². The molecule has 4 atom stereocenters. The minimum Gasteiger partial charge on any atom is -0.383 e. The van der Waals surface area contributed by atoms with Crippen LogP contribution in [0.4, 0.5) is 17.3 Å². The smallest absolute Gasteiger partial charge is 0.229 e. The molecule has 3 aromatic rings. The third-order valence-electron chi connectivity index (χ3n) is 8.03. The number of carbonyl (C=O) groups is 2. The van der Waals surface area contributed by atoms with Crippen LogP contribution in [0.2, 0.25) is 0 Å². The fourth-order valence-electron chi connectivity index (χ4n) is 6.20. The first-order chi connectivity index (χ1) is 17.4. The van der Waals surface area contributed by atoms with E-state index in [-0.39, 0.29) is 23.8 Å². The summed E-state index contributed by atoms with van der Waals surface area (Å²) < 4.78 is 0. The molecule has 1 aliphatic heterocycles. The third-order valence-corrected chi connectivity index (χ3v) is 8.03. The van der Waals surface area contributed by atoms with Crippen molar-refractivity contribution in [1.82, 2.24) is 20.3 Å². The summed E-state index contributed by atoms with van der Waals surface area (Å²) in [5.74, 6) is 1.61. The zero-order valence-electron chi connectivity index (χ0n) is 20.6. The largest absolute Gasteiger partial charge is 0.383 e.